The summed E-state index contributed by atoms with van der Waals surface area (Å²) >= 11 is 0. The molecule has 3 N–H and O–H groups in total. The normalized spacial score (nSPS) is 11.7. The molecule has 0 heterocycles. The molecule has 0 aromatic rings. The molecule has 122 valence electrons. The lowest BCUT2D eigenvalue weighted by molar-refractivity contribution is -0.137. The topological polar surface area (TPSA) is 95.5 Å². The van der Waals surface area contributed by atoms with Gasteiger partial charge in [-0.15, -0.1) is 0 Å². The van der Waals surface area contributed by atoms with Crippen molar-refractivity contribution in [3.05, 3.63) is 0 Å². The fourth-order valence-electron chi connectivity index (χ4n) is 1.98. The third-order valence-corrected chi connectivity index (χ3v) is 3.39. The highest BCUT2D eigenvalue weighted by atomic mass is 16.4. The van der Waals surface area contributed by atoms with Gasteiger partial charge in [0.05, 0.1) is 0 Å². The van der Waals surface area contributed by atoms with Crippen LogP contribution in [0.3, 0.4) is 0 Å². The van der Waals surface area contributed by atoms with Gasteiger partial charge in [-0.1, -0.05) is 33.1 Å². The van der Waals surface area contributed by atoms with Gasteiger partial charge in [0.2, 0.25) is 5.91 Å². The first-order valence-electron chi connectivity index (χ1n) is 7.79. The van der Waals surface area contributed by atoms with Crippen LogP contribution in [0.2, 0.25) is 0 Å². The Labute approximate surface area is 126 Å². The van der Waals surface area contributed by atoms with E-state index >= 15 is 0 Å². The summed E-state index contributed by atoms with van der Waals surface area (Å²) in [4.78, 5) is 33.3. The van der Waals surface area contributed by atoms with E-state index in [1.165, 1.54) is 0 Å². The molecule has 0 aliphatic rings. The SMILES string of the molecule is CCCCC(CC)CNC(=O)NC(=O)CCCCC(=O)O. The summed E-state index contributed by atoms with van der Waals surface area (Å²) in [6.07, 6.45) is 5.50. The van der Waals surface area contributed by atoms with Gasteiger partial charge >= 0.3 is 12.0 Å². The molecule has 21 heavy (non-hydrogen) atoms. The summed E-state index contributed by atoms with van der Waals surface area (Å²) in [5.74, 6) is -0.785. The van der Waals surface area contributed by atoms with Gasteiger partial charge in [0.1, 0.15) is 0 Å². The lowest BCUT2D eigenvalue weighted by Crippen LogP contribution is -2.41. The maximum absolute atomic E-state index is 11.6. The Bertz CT molecular complexity index is 332. The highest BCUT2D eigenvalue weighted by Gasteiger charge is 2.10. The number of nitrogens with one attached hydrogen (secondary N) is 2. The number of carbonyl (C=O) groups is 3. The fraction of sp³-hybridized carbons (Fsp3) is 0.800. The highest BCUT2D eigenvalue weighted by molar-refractivity contribution is 5.94. The van der Waals surface area contributed by atoms with Crippen LogP contribution in [-0.2, 0) is 9.59 Å². The van der Waals surface area contributed by atoms with Crippen molar-refractivity contribution in [2.75, 3.05) is 6.54 Å². The maximum Gasteiger partial charge on any atom is 0.321 e. The first-order chi connectivity index (χ1) is 9.99. The van der Waals surface area contributed by atoms with E-state index in [1.54, 1.807) is 0 Å². The van der Waals surface area contributed by atoms with Gasteiger partial charge in [-0.2, -0.15) is 0 Å². The number of amides is 3. The molecular formula is C15H28N2O4. The molecule has 0 rings (SSSR count). The summed E-state index contributed by atoms with van der Waals surface area (Å²) in [5.41, 5.74) is 0. The molecule has 0 aromatic carbocycles. The van der Waals surface area contributed by atoms with Gasteiger partial charge in [-0.05, 0) is 25.2 Å². The smallest absolute Gasteiger partial charge is 0.321 e. The molecule has 1 atom stereocenters. The molecule has 0 aliphatic heterocycles. The van der Waals surface area contributed by atoms with E-state index in [4.69, 9.17) is 5.11 Å². The van der Waals surface area contributed by atoms with E-state index in [2.05, 4.69) is 24.5 Å². The van der Waals surface area contributed by atoms with Crippen molar-refractivity contribution in [1.29, 1.82) is 0 Å². The van der Waals surface area contributed by atoms with Crippen molar-refractivity contribution < 1.29 is 19.5 Å². The van der Waals surface area contributed by atoms with Gasteiger partial charge in [-0.25, -0.2) is 4.79 Å². The largest absolute Gasteiger partial charge is 0.481 e. The molecule has 0 radical (unpaired) electrons. The number of carboxylic acids is 1. The van der Waals surface area contributed by atoms with Crippen molar-refractivity contribution in [2.45, 2.75) is 65.2 Å². The van der Waals surface area contributed by atoms with E-state index in [0.717, 1.165) is 25.7 Å². The van der Waals surface area contributed by atoms with Crippen LogP contribution in [0.15, 0.2) is 0 Å². The molecule has 0 bridgehead atoms. The first kappa shape index (κ1) is 19.4. The highest BCUT2D eigenvalue weighted by Crippen LogP contribution is 2.11. The summed E-state index contributed by atoms with van der Waals surface area (Å²) < 4.78 is 0. The van der Waals surface area contributed by atoms with E-state index in [-0.39, 0.29) is 18.7 Å². The monoisotopic (exact) mass is 300 g/mol. The molecule has 1 unspecified atom stereocenters. The van der Waals surface area contributed by atoms with Crippen LogP contribution in [0, 0.1) is 5.92 Å². The second-order valence-corrected chi connectivity index (χ2v) is 5.28. The molecule has 0 spiro atoms. The van der Waals surface area contributed by atoms with Crippen LogP contribution in [0.4, 0.5) is 4.79 Å². The summed E-state index contributed by atoms with van der Waals surface area (Å²) in [6, 6.07) is -0.465. The Balaban J connectivity index is 3.76. The zero-order chi connectivity index (χ0) is 16.1. The molecule has 0 aromatic heterocycles. The molecular weight excluding hydrogens is 272 g/mol. The summed E-state index contributed by atoms with van der Waals surface area (Å²) in [5, 5.41) is 13.5. The van der Waals surface area contributed by atoms with Crippen LogP contribution in [-0.4, -0.2) is 29.6 Å². The first-order valence-corrected chi connectivity index (χ1v) is 7.79. The predicted octanol–water partition coefficient (Wildman–Crippen LogP) is 2.67. The Hall–Kier alpha value is -1.59. The van der Waals surface area contributed by atoms with Gasteiger partial charge in [-0.3, -0.25) is 14.9 Å². The Morgan fingerprint density at radius 1 is 1.05 bits per heavy atom. The van der Waals surface area contributed by atoms with E-state index in [0.29, 0.717) is 25.3 Å². The predicted molar refractivity (Wildman–Crippen MR) is 81.0 cm³/mol. The third kappa shape index (κ3) is 11.9. The number of imide groups is 1. The van der Waals surface area contributed by atoms with Gasteiger partial charge < -0.3 is 10.4 Å². The second kappa shape index (κ2) is 12.2. The van der Waals surface area contributed by atoms with Crippen molar-refractivity contribution in [3.8, 4) is 0 Å². The summed E-state index contributed by atoms with van der Waals surface area (Å²) in [7, 11) is 0. The number of urea groups is 1. The van der Waals surface area contributed by atoms with Crippen molar-refractivity contribution >= 4 is 17.9 Å². The van der Waals surface area contributed by atoms with Crippen LogP contribution >= 0.6 is 0 Å². The zero-order valence-electron chi connectivity index (χ0n) is 13.1. The van der Waals surface area contributed by atoms with Crippen LogP contribution in [0.5, 0.6) is 0 Å². The second-order valence-electron chi connectivity index (χ2n) is 5.28. The average Bonchev–Trinajstić information content (AvgIpc) is 2.43. The summed E-state index contributed by atoms with van der Waals surface area (Å²) in [6.45, 7) is 4.80. The molecule has 3 amide bonds. The minimum Gasteiger partial charge on any atom is -0.481 e. The number of hydrogen-bond acceptors (Lipinski definition) is 3. The van der Waals surface area contributed by atoms with Crippen molar-refractivity contribution in [1.82, 2.24) is 10.6 Å². The van der Waals surface area contributed by atoms with E-state index < -0.39 is 12.0 Å². The van der Waals surface area contributed by atoms with Crippen molar-refractivity contribution in [2.24, 2.45) is 5.92 Å². The van der Waals surface area contributed by atoms with Crippen LogP contribution in [0.25, 0.3) is 0 Å². The van der Waals surface area contributed by atoms with E-state index in [1.807, 2.05) is 0 Å². The Kier molecular flexibility index (Phi) is 11.3. The molecule has 0 saturated heterocycles. The maximum atomic E-state index is 11.6. The Morgan fingerprint density at radius 3 is 2.29 bits per heavy atom. The number of rotatable bonds is 11. The Morgan fingerprint density at radius 2 is 1.71 bits per heavy atom. The lowest BCUT2D eigenvalue weighted by Gasteiger charge is -2.15. The molecule has 6 nitrogen and oxygen atoms in total. The van der Waals surface area contributed by atoms with E-state index in [9.17, 15) is 14.4 Å². The van der Waals surface area contributed by atoms with Gasteiger partial charge in [0.15, 0.2) is 0 Å². The zero-order valence-corrected chi connectivity index (χ0v) is 13.1. The number of carboxylic acid groups (broad SMARTS) is 1. The fourth-order valence-corrected chi connectivity index (χ4v) is 1.98. The third-order valence-electron chi connectivity index (χ3n) is 3.39. The average molecular weight is 300 g/mol. The molecule has 0 saturated carbocycles. The van der Waals surface area contributed by atoms with Gasteiger partial charge in [0.25, 0.3) is 0 Å². The quantitative estimate of drug-likeness (QED) is 0.511. The number of hydrogen-bond donors (Lipinski definition) is 3. The number of unbranched alkanes of at least 4 members (excludes halogenated alkanes) is 2. The molecule has 0 fully saturated rings. The standard InChI is InChI=1S/C15H28N2O4/c1-3-5-8-12(4-2)11-16-15(21)17-13(18)9-6-7-10-14(19)20/h12H,3-11H2,1-2H3,(H,19,20)(H2,16,17,18,21). The van der Waals surface area contributed by atoms with Crippen molar-refractivity contribution in [3.63, 3.8) is 0 Å². The molecule has 0 aliphatic carbocycles. The number of aliphatic carboxylic acids is 1. The minimum atomic E-state index is -0.870. The van der Waals surface area contributed by atoms with Crippen LogP contribution < -0.4 is 10.6 Å². The number of carbonyl (C=O) groups excluding carboxylic acids is 2. The molecule has 6 heteroatoms. The lowest BCUT2D eigenvalue weighted by atomic mass is 9.99. The van der Waals surface area contributed by atoms with Gasteiger partial charge in [0, 0.05) is 19.4 Å². The van der Waals surface area contributed by atoms with Crippen LogP contribution in [0.1, 0.15) is 65.2 Å². The minimum absolute atomic E-state index is 0.0507.